The van der Waals surface area contributed by atoms with E-state index in [0.717, 1.165) is 9.79 Å². The molecule has 0 aromatic heterocycles. The quantitative estimate of drug-likeness (QED) is 0.843. The van der Waals surface area contributed by atoms with E-state index in [-0.39, 0.29) is 6.42 Å². The lowest BCUT2D eigenvalue weighted by Gasteiger charge is -2.05. The van der Waals surface area contributed by atoms with E-state index in [4.69, 9.17) is 16.1 Å². The summed E-state index contributed by atoms with van der Waals surface area (Å²) in [7, 11) is 0. The Morgan fingerprint density at radius 2 is 1.85 bits per heavy atom. The van der Waals surface area contributed by atoms with Crippen molar-refractivity contribution in [3.63, 3.8) is 0 Å². The number of nitrogens with two attached hydrogens (primary N) is 1. The standard InChI is InChI=1S/C15H12N2O2S/c16-9-11-7-14(4-1-10(11)8-15(18)19)20-13-5-2-12(17)3-6-13/h1-7H,8,17H2,(H,18,19). The molecule has 4 nitrogen and oxygen atoms in total. The molecule has 5 heteroatoms. The van der Waals surface area contributed by atoms with Crippen LogP contribution in [0.2, 0.25) is 0 Å². The number of carbonyl (C=O) groups is 1. The zero-order valence-electron chi connectivity index (χ0n) is 10.5. The number of nitrogen functional groups attached to an aromatic ring is 1. The van der Waals surface area contributed by atoms with E-state index < -0.39 is 5.97 Å². The zero-order chi connectivity index (χ0) is 14.5. The maximum absolute atomic E-state index is 10.7. The summed E-state index contributed by atoms with van der Waals surface area (Å²) in [6, 6.07) is 14.7. The molecule has 0 spiro atoms. The van der Waals surface area contributed by atoms with Crippen LogP contribution in [0.15, 0.2) is 52.3 Å². The van der Waals surface area contributed by atoms with Crippen molar-refractivity contribution in [2.45, 2.75) is 16.2 Å². The van der Waals surface area contributed by atoms with Crippen LogP contribution in [0.4, 0.5) is 5.69 Å². The average Bonchev–Trinajstić information content (AvgIpc) is 2.42. The highest BCUT2D eigenvalue weighted by Gasteiger charge is 2.08. The Labute approximate surface area is 120 Å². The van der Waals surface area contributed by atoms with Crippen molar-refractivity contribution in [2.75, 3.05) is 5.73 Å². The van der Waals surface area contributed by atoms with Crippen molar-refractivity contribution in [1.29, 1.82) is 5.26 Å². The number of nitrogens with zero attached hydrogens (tertiary/aromatic N) is 1. The van der Waals surface area contributed by atoms with E-state index in [0.29, 0.717) is 16.8 Å². The van der Waals surface area contributed by atoms with Crippen LogP contribution >= 0.6 is 11.8 Å². The SMILES string of the molecule is N#Cc1cc(Sc2ccc(N)cc2)ccc1CC(=O)O. The van der Waals surface area contributed by atoms with Crippen LogP contribution in [-0.2, 0) is 11.2 Å². The maximum atomic E-state index is 10.7. The second kappa shape index (κ2) is 6.13. The number of anilines is 1. The van der Waals surface area contributed by atoms with Crippen LogP contribution < -0.4 is 5.73 Å². The van der Waals surface area contributed by atoms with Gasteiger partial charge in [0.05, 0.1) is 18.1 Å². The fourth-order valence-corrected chi connectivity index (χ4v) is 2.57. The van der Waals surface area contributed by atoms with Crippen LogP contribution in [0.5, 0.6) is 0 Å². The van der Waals surface area contributed by atoms with Gasteiger partial charge in [-0.15, -0.1) is 0 Å². The molecule has 0 amide bonds. The summed E-state index contributed by atoms with van der Waals surface area (Å²) in [5, 5.41) is 17.9. The molecule has 3 N–H and O–H groups in total. The van der Waals surface area contributed by atoms with Gasteiger partial charge in [0.15, 0.2) is 0 Å². The number of carboxylic acids is 1. The number of carboxylic acid groups (broad SMARTS) is 1. The van der Waals surface area contributed by atoms with E-state index >= 15 is 0 Å². The Kier molecular flexibility index (Phi) is 4.28. The molecule has 0 bridgehead atoms. The predicted octanol–water partition coefficient (Wildman–Crippen LogP) is 2.92. The van der Waals surface area contributed by atoms with Gasteiger partial charge in [0.1, 0.15) is 0 Å². The fraction of sp³-hybridized carbons (Fsp3) is 0.0667. The molecule has 0 aliphatic carbocycles. The van der Waals surface area contributed by atoms with Crippen LogP contribution in [0.3, 0.4) is 0 Å². The smallest absolute Gasteiger partial charge is 0.307 e. The topological polar surface area (TPSA) is 87.1 Å². The molecule has 0 unspecified atom stereocenters. The summed E-state index contributed by atoms with van der Waals surface area (Å²) >= 11 is 1.50. The first-order chi connectivity index (χ1) is 9.58. The molecule has 0 aliphatic heterocycles. The molecule has 0 heterocycles. The molecule has 2 rings (SSSR count). The van der Waals surface area contributed by atoms with Gasteiger partial charge in [-0.25, -0.2) is 0 Å². The van der Waals surface area contributed by atoms with Crippen molar-refractivity contribution in [2.24, 2.45) is 0 Å². The van der Waals surface area contributed by atoms with Crippen molar-refractivity contribution in [3.8, 4) is 6.07 Å². The van der Waals surface area contributed by atoms with Gasteiger partial charge in [-0.3, -0.25) is 4.79 Å². The van der Waals surface area contributed by atoms with E-state index in [1.807, 2.05) is 36.4 Å². The van der Waals surface area contributed by atoms with Crippen LogP contribution in [0, 0.1) is 11.3 Å². The van der Waals surface area contributed by atoms with Crippen LogP contribution in [0.25, 0.3) is 0 Å². The molecule has 2 aromatic rings. The summed E-state index contributed by atoms with van der Waals surface area (Å²) in [6.45, 7) is 0. The molecular weight excluding hydrogens is 272 g/mol. The lowest BCUT2D eigenvalue weighted by molar-refractivity contribution is -0.136. The summed E-state index contributed by atoms with van der Waals surface area (Å²) in [5.41, 5.74) is 7.25. The van der Waals surface area contributed by atoms with Gasteiger partial charge >= 0.3 is 5.97 Å². The Morgan fingerprint density at radius 3 is 2.45 bits per heavy atom. The van der Waals surface area contributed by atoms with Crippen molar-refractivity contribution in [3.05, 3.63) is 53.6 Å². The monoisotopic (exact) mass is 284 g/mol. The Hall–Kier alpha value is -2.45. The summed E-state index contributed by atoms with van der Waals surface area (Å²) < 4.78 is 0. The van der Waals surface area contributed by atoms with E-state index in [2.05, 4.69) is 0 Å². The normalized spacial score (nSPS) is 9.95. The van der Waals surface area contributed by atoms with Gasteiger partial charge in [-0.2, -0.15) is 5.26 Å². The van der Waals surface area contributed by atoms with Gasteiger partial charge in [0.25, 0.3) is 0 Å². The molecular formula is C15H12N2O2S. The van der Waals surface area contributed by atoms with Crippen molar-refractivity contribution in [1.82, 2.24) is 0 Å². The maximum Gasteiger partial charge on any atom is 0.307 e. The molecule has 0 atom stereocenters. The number of rotatable bonds is 4. The molecule has 0 fully saturated rings. The molecule has 100 valence electrons. The van der Waals surface area contributed by atoms with E-state index in [1.165, 1.54) is 11.8 Å². The Balaban J connectivity index is 2.23. The minimum Gasteiger partial charge on any atom is -0.481 e. The van der Waals surface area contributed by atoms with Crippen molar-refractivity contribution < 1.29 is 9.90 Å². The molecule has 20 heavy (non-hydrogen) atoms. The largest absolute Gasteiger partial charge is 0.481 e. The third kappa shape index (κ3) is 3.53. The second-order valence-corrected chi connectivity index (χ2v) is 5.32. The minimum atomic E-state index is -0.944. The highest BCUT2D eigenvalue weighted by atomic mass is 32.2. The lowest BCUT2D eigenvalue weighted by atomic mass is 10.1. The van der Waals surface area contributed by atoms with E-state index in [1.54, 1.807) is 12.1 Å². The van der Waals surface area contributed by atoms with Crippen molar-refractivity contribution >= 4 is 23.4 Å². The van der Waals surface area contributed by atoms with Crippen LogP contribution in [0.1, 0.15) is 11.1 Å². The first kappa shape index (κ1) is 14.0. The van der Waals surface area contributed by atoms with Gasteiger partial charge in [0, 0.05) is 15.5 Å². The van der Waals surface area contributed by atoms with E-state index in [9.17, 15) is 4.79 Å². The number of hydrogen-bond acceptors (Lipinski definition) is 4. The predicted molar refractivity (Wildman–Crippen MR) is 77.5 cm³/mol. The Morgan fingerprint density at radius 1 is 1.20 bits per heavy atom. The third-order valence-corrected chi connectivity index (χ3v) is 3.66. The third-order valence-electron chi connectivity index (χ3n) is 2.66. The molecule has 0 aliphatic rings. The van der Waals surface area contributed by atoms with Crippen LogP contribution in [-0.4, -0.2) is 11.1 Å². The number of hydrogen-bond donors (Lipinski definition) is 2. The molecule has 0 radical (unpaired) electrons. The average molecular weight is 284 g/mol. The second-order valence-electron chi connectivity index (χ2n) is 4.17. The molecule has 2 aromatic carbocycles. The first-order valence-electron chi connectivity index (χ1n) is 5.86. The summed E-state index contributed by atoms with van der Waals surface area (Å²) in [5.74, 6) is -0.944. The number of aliphatic carboxylic acids is 1. The summed E-state index contributed by atoms with van der Waals surface area (Å²) in [6.07, 6.45) is -0.143. The van der Waals surface area contributed by atoms with Gasteiger partial charge < -0.3 is 10.8 Å². The van der Waals surface area contributed by atoms with Gasteiger partial charge in [-0.05, 0) is 42.0 Å². The van der Waals surface area contributed by atoms with Gasteiger partial charge in [0.2, 0.25) is 0 Å². The fourth-order valence-electron chi connectivity index (χ4n) is 1.71. The highest BCUT2D eigenvalue weighted by molar-refractivity contribution is 7.99. The highest BCUT2D eigenvalue weighted by Crippen LogP contribution is 2.29. The minimum absolute atomic E-state index is 0.143. The molecule has 0 saturated carbocycles. The number of benzene rings is 2. The summed E-state index contributed by atoms with van der Waals surface area (Å²) in [4.78, 5) is 12.6. The first-order valence-corrected chi connectivity index (χ1v) is 6.68. The Bertz CT molecular complexity index is 675. The lowest BCUT2D eigenvalue weighted by Crippen LogP contribution is -2.02. The zero-order valence-corrected chi connectivity index (χ0v) is 11.4. The number of nitriles is 1. The van der Waals surface area contributed by atoms with Gasteiger partial charge in [-0.1, -0.05) is 17.8 Å². The molecule has 0 saturated heterocycles.